The molecule has 1 amide bonds. The molecule has 1 atom stereocenters. The maximum absolute atomic E-state index is 11.6. The van der Waals surface area contributed by atoms with Gasteiger partial charge in [0.1, 0.15) is 12.0 Å². The van der Waals surface area contributed by atoms with E-state index in [2.05, 4.69) is 10.4 Å². The molecule has 0 aromatic heterocycles. The largest absolute Gasteiger partial charge is 0.326 e. The second kappa shape index (κ2) is 3.04. The molecule has 3 rings (SSSR count). The van der Waals surface area contributed by atoms with Crippen LogP contribution in [0.2, 0.25) is 0 Å². The molecule has 15 heavy (non-hydrogen) atoms. The average molecular weight is 209 g/mol. The van der Waals surface area contributed by atoms with Gasteiger partial charge in [0.15, 0.2) is 13.1 Å². The summed E-state index contributed by atoms with van der Waals surface area (Å²) < 4.78 is 10.5. The molecule has 3 aliphatic heterocycles. The molecule has 3 aliphatic rings. The Morgan fingerprint density at radius 3 is 3.00 bits per heavy atom. The second-order valence-corrected chi connectivity index (χ2v) is 3.76. The van der Waals surface area contributed by atoms with Gasteiger partial charge in [0, 0.05) is 0 Å². The number of fused-ring (bicyclic) bond motifs is 1. The van der Waals surface area contributed by atoms with Crippen molar-refractivity contribution in [1.82, 2.24) is 10.3 Å². The molecule has 6 heteroatoms. The first kappa shape index (κ1) is 8.87. The minimum atomic E-state index is -0.217. The molecule has 0 aromatic carbocycles. The second-order valence-electron chi connectivity index (χ2n) is 3.76. The predicted molar refractivity (Wildman–Crippen MR) is 50.4 cm³/mol. The summed E-state index contributed by atoms with van der Waals surface area (Å²) in [6.07, 6.45) is 1.19. The molecule has 3 heterocycles. The van der Waals surface area contributed by atoms with Crippen molar-refractivity contribution in [3.05, 3.63) is 11.3 Å². The summed E-state index contributed by atoms with van der Waals surface area (Å²) in [6.45, 7) is 2.92. The van der Waals surface area contributed by atoms with Crippen LogP contribution in [0.1, 0.15) is 6.92 Å². The summed E-state index contributed by atoms with van der Waals surface area (Å²) >= 11 is 0. The van der Waals surface area contributed by atoms with Gasteiger partial charge < -0.3 is 14.8 Å². The van der Waals surface area contributed by atoms with Crippen LogP contribution >= 0.6 is 0 Å². The number of nitrogens with zero attached hydrogens (tertiary/aromatic N) is 2. The first-order chi connectivity index (χ1) is 7.27. The lowest BCUT2D eigenvalue weighted by molar-refractivity contribution is -0.334. The van der Waals surface area contributed by atoms with Crippen LogP contribution in [0, 0.1) is 5.92 Å². The maximum atomic E-state index is 11.6. The lowest BCUT2D eigenvalue weighted by Crippen LogP contribution is -2.40. The zero-order chi connectivity index (χ0) is 10.4. The standard InChI is InChI=1S/C9H11N3O3/c1-5-6(9-14-4-15-9)2-12-7(5)8(13)10-3-11-12/h3,6,9H,2,4H2,1H3,(H,10,11,13). The van der Waals surface area contributed by atoms with Crippen molar-refractivity contribution in [2.24, 2.45) is 11.0 Å². The number of nitrogens with one attached hydrogen (secondary N) is 1. The Morgan fingerprint density at radius 1 is 1.60 bits per heavy atom. The van der Waals surface area contributed by atoms with Gasteiger partial charge in [-0.25, -0.2) is 0 Å². The van der Waals surface area contributed by atoms with Crippen molar-refractivity contribution in [3.8, 4) is 0 Å². The third kappa shape index (κ3) is 1.18. The fourth-order valence-corrected chi connectivity index (χ4v) is 2.09. The summed E-state index contributed by atoms with van der Waals surface area (Å²) in [6, 6.07) is 0. The monoisotopic (exact) mass is 209 g/mol. The van der Waals surface area contributed by atoms with E-state index in [0.717, 1.165) is 5.57 Å². The molecule has 1 fully saturated rings. The van der Waals surface area contributed by atoms with Crippen LogP contribution in [0.4, 0.5) is 0 Å². The van der Waals surface area contributed by atoms with Crippen molar-refractivity contribution in [2.45, 2.75) is 13.2 Å². The smallest absolute Gasteiger partial charge is 0.274 e. The molecule has 0 saturated carbocycles. The third-order valence-corrected chi connectivity index (χ3v) is 2.96. The van der Waals surface area contributed by atoms with Crippen LogP contribution in [0.15, 0.2) is 16.4 Å². The summed E-state index contributed by atoms with van der Waals surface area (Å²) in [5, 5.41) is 8.36. The Bertz CT molecular complexity index is 373. The number of carbonyl (C=O) groups is 1. The van der Waals surface area contributed by atoms with Gasteiger partial charge in [0.2, 0.25) is 0 Å². The van der Waals surface area contributed by atoms with Crippen LogP contribution in [0.3, 0.4) is 0 Å². The third-order valence-electron chi connectivity index (χ3n) is 2.96. The number of amides is 1. The zero-order valence-corrected chi connectivity index (χ0v) is 8.27. The molecular formula is C9H11N3O3. The van der Waals surface area contributed by atoms with Gasteiger partial charge in [0.25, 0.3) is 5.91 Å². The average Bonchev–Trinajstić information content (AvgIpc) is 2.43. The fourth-order valence-electron chi connectivity index (χ4n) is 2.09. The zero-order valence-electron chi connectivity index (χ0n) is 8.27. The molecule has 80 valence electrons. The number of hydrogen-bond acceptors (Lipinski definition) is 5. The van der Waals surface area contributed by atoms with Crippen LogP contribution < -0.4 is 5.32 Å². The lowest BCUT2D eigenvalue weighted by atomic mass is 10.0. The van der Waals surface area contributed by atoms with E-state index >= 15 is 0 Å². The minimum absolute atomic E-state index is 0.106. The highest BCUT2D eigenvalue weighted by molar-refractivity contribution is 6.02. The Morgan fingerprint density at radius 2 is 2.40 bits per heavy atom. The van der Waals surface area contributed by atoms with Gasteiger partial charge in [-0.2, -0.15) is 5.10 Å². The number of hydrogen-bond donors (Lipinski definition) is 1. The predicted octanol–water partition coefficient (Wildman–Crippen LogP) is -0.404. The van der Waals surface area contributed by atoms with Gasteiger partial charge in [-0.15, -0.1) is 0 Å². The molecule has 1 saturated heterocycles. The molecule has 1 unspecified atom stereocenters. The minimum Gasteiger partial charge on any atom is -0.326 e. The van der Waals surface area contributed by atoms with E-state index in [-0.39, 0.29) is 18.1 Å². The van der Waals surface area contributed by atoms with Crippen molar-refractivity contribution < 1.29 is 14.3 Å². The van der Waals surface area contributed by atoms with E-state index in [1.165, 1.54) is 6.34 Å². The van der Waals surface area contributed by atoms with Gasteiger partial charge >= 0.3 is 0 Å². The highest BCUT2D eigenvalue weighted by Gasteiger charge is 2.41. The maximum Gasteiger partial charge on any atom is 0.274 e. The highest BCUT2D eigenvalue weighted by atomic mass is 16.8. The molecule has 0 aliphatic carbocycles. The Hall–Kier alpha value is -1.40. The fraction of sp³-hybridized carbons (Fsp3) is 0.556. The lowest BCUT2D eigenvalue weighted by Gasteiger charge is -2.32. The van der Waals surface area contributed by atoms with E-state index in [9.17, 15) is 4.79 Å². The van der Waals surface area contributed by atoms with E-state index in [4.69, 9.17) is 9.47 Å². The van der Waals surface area contributed by atoms with Crippen LogP contribution in [0.5, 0.6) is 0 Å². The molecule has 1 N–H and O–H groups in total. The van der Waals surface area contributed by atoms with Crippen molar-refractivity contribution in [2.75, 3.05) is 13.3 Å². The van der Waals surface area contributed by atoms with Gasteiger partial charge in [-0.05, 0) is 12.5 Å². The normalized spacial score (nSPS) is 30.3. The summed E-state index contributed by atoms with van der Waals surface area (Å²) in [4.78, 5) is 11.6. The van der Waals surface area contributed by atoms with Crippen molar-refractivity contribution in [1.29, 1.82) is 0 Å². The highest BCUT2D eigenvalue weighted by Crippen LogP contribution is 2.35. The van der Waals surface area contributed by atoms with Gasteiger partial charge in [0.05, 0.1) is 12.5 Å². The molecular weight excluding hydrogens is 198 g/mol. The van der Waals surface area contributed by atoms with E-state index in [1.807, 2.05) is 6.92 Å². The number of rotatable bonds is 1. The first-order valence-corrected chi connectivity index (χ1v) is 4.82. The van der Waals surface area contributed by atoms with Crippen LogP contribution in [0.25, 0.3) is 0 Å². The molecule has 0 aromatic rings. The van der Waals surface area contributed by atoms with Crippen LogP contribution in [-0.2, 0) is 14.3 Å². The van der Waals surface area contributed by atoms with E-state index in [1.54, 1.807) is 5.01 Å². The molecule has 0 spiro atoms. The quantitative estimate of drug-likeness (QED) is 0.638. The van der Waals surface area contributed by atoms with Crippen molar-refractivity contribution in [3.63, 3.8) is 0 Å². The summed E-state index contributed by atoms with van der Waals surface area (Å²) in [5.74, 6) is -0.000858. The summed E-state index contributed by atoms with van der Waals surface area (Å²) in [7, 11) is 0. The SMILES string of the molecule is CC1=C2C(=O)NC=NN2CC1C1OCO1. The number of carbonyl (C=O) groups excluding carboxylic acids is 1. The van der Waals surface area contributed by atoms with Crippen molar-refractivity contribution >= 4 is 12.2 Å². The Labute approximate surface area is 86.5 Å². The Balaban J connectivity index is 1.92. The topological polar surface area (TPSA) is 63.2 Å². The number of hydrazone groups is 1. The van der Waals surface area contributed by atoms with Gasteiger partial charge in [-0.3, -0.25) is 9.80 Å². The molecule has 0 radical (unpaired) electrons. The summed E-state index contributed by atoms with van der Waals surface area (Å²) in [5.41, 5.74) is 1.61. The first-order valence-electron chi connectivity index (χ1n) is 4.82. The van der Waals surface area contributed by atoms with E-state index < -0.39 is 0 Å². The van der Waals surface area contributed by atoms with Crippen LogP contribution in [-0.4, -0.2) is 36.9 Å². The van der Waals surface area contributed by atoms with Gasteiger partial charge in [-0.1, -0.05) is 0 Å². The van der Waals surface area contributed by atoms with E-state index in [0.29, 0.717) is 19.0 Å². The number of ether oxygens (including phenoxy) is 2. The molecule has 6 nitrogen and oxygen atoms in total. The molecule has 0 bridgehead atoms. The Kier molecular flexibility index (Phi) is 1.80.